The van der Waals surface area contributed by atoms with Gasteiger partial charge in [-0.15, -0.1) is 0 Å². The number of rotatable bonds is 7. The number of carbonyl (C=O) groups is 1. The first-order chi connectivity index (χ1) is 12.0. The number of hydrazone groups is 1. The third-order valence-electron chi connectivity index (χ3n) is 3.25. The smallest absolute Gasteiger partial charge is 0.277 e. The Kier molecular flexibility index (Phi) is 6.39. The molecule has 25 heavy (non-hydrogen) atoms. The molecule has 0 fully saturated rings. The molecule has 0 heterocycles. The summed E-state index contributed by atoms with van der Waals surface area (Å²) in [6.45, 7) is 6.09. The van der Waals surface area contributed by atoms with E-state index in [1.54, 1.807) is 12.1 Å². The van der Waals surface area contributed by atoms with Gasteiger partial charge in [0.1, 0.15) is 5.75 Å². The van der Waals surface area contributed by atoms with Gasteiger partial charge in [-0.1, -0.05) is 6.07 Å². The first kappa shape index (κ1) is 18.3. The van der Waals surface area contributed by atoms with E-state index in [4.69, 9.17) is 9.47 Å². The van der Waals surface area contributed by atoms with Gasteiger partial charge in [0.15, 0.2) is 18.1 Å². The van der Waals surface area contributed by atoms with E-state index in [1.807, 2.05) is 39.0 Å². The van der Waals surface area contributed by atoms with Gasteiger partial charge in [-0.25, -0.2) is 5.43 Å². The lowest BCUT2D eigenvalue weighted by atomic mass is 10.1. The van der Waals surface area contributed by atoms with Crippen LogP contribution in [0.25, 0.3) is 0 Å². The van der Waals surface area contributed by atoms with Crippen molar-refractivity contribution in [3.63, 3.8) is 0 Å². The summed E-state index contributed by atoms with van der Waals surface area (Å²) in [6, 6.07) is 10.6. The molecule has 6 heteroatoms. The fourth-order valence-corrected chi connectivity index (χ4v) is 2.26. The van der Waals surface area contributed by atoms with Gasteiger partial charge in [-0.2, -0.15) is 5.10 Å². The molecule has 0 spiro atoms. The van der Waals surface area contributed by atoms with E-state index < -0.39 is 0 Å². The first-order valence-electron chi connectivity index (χ1n) is 7.96. The van der Waals surface area contributed by atoms with Gasteiger partial charge in [-0.3, -0.25) is 4.79 Å². The normalized spacial score (nSPS) is 10.7. The van der Waals surface area contributed by atoms with Crippen LogP contribution in [-0.2, 0) is 4.79 Å². The molecule has 0 radical (unpaired) electrons. The van der Waals surface area contributed by atoms with Crippen LogP contribution >= 0.6 is 0 Å². The second kappa shape index (κ2) is 8.73. The van der Waals surface area contributed by atoms with E-state index in [-0.39, 0.29) is 18.3 Å². The Morgan fingerprint density at radius 2 is 1.88 bits per heavy atom. The SMILES string of the molecule is CCOc1cc(/C=N\NC(=O)COc2cc(C)cc(C)c2)ccc1O. The quantitative estimate of drug-likeness (QED) is 0.599. The molecule has 0 aromatic heterocycles. The Hall–Kier alpha value is -3.02. The van der Waals surface area contributed by atoms with Crippen molar-refractivity contribution < 1.29 is 19.4 Å². The average molecular weight is 342 g/mol. The zero-order valence-corrected chi connectivity index (χ0v) is 14.6. The van der Waals surface area contributed by atoms with Crippen molar-refractivity contribution in [2.45, 2.75) is 20.8 Å². The van der Waals surface area contributed by atoms with Crippen molar-refractivity contribution in [3.8, 4) is 17.2 Å². The first-order valence-corrected chi connectivity index (χ1v) is 7.96. The molecular formula is C19H22N2O4. The molecule has 132 valence electrons. The molecule has 0 bridgehead atoms. The highest BCUT2D eigenvalue weighted by Crippen LogP contribution is 2.26. The Bertz CT molecular complexity index is 752. The lowest BCUT2D eigenvalue weighted by Crippen LogP contribution is -2.24. The zero-order chi connectivity index (χ0) is 18.2. The molecule has 0 unspecified atom stereocenters. The number of phenolic OH excluding ortho intramolecular Hbond substituents is 1. The van der Waals surface area contributed by atoms with Crippen molar-refractivity contribution >= 4 is 12.1 Å². The summed E-state index contributed by atoms with van der Waals surface area (Å²) in [6.07, 6.45) is 1.47. The minimum atomic E-state index is -0.362. The molecule has 0 aliphatic rings. The van der Waals surface area contributed by atoms with E-state index in [0.29, 0.717) is 23.7 Å². The summed E-state index contributed by atoms with van der Waals surface area (Å²) in [7, 11) is 0. The third kappa shape index (κ3) is 5.84. The summed E-state index contributed by atoms with van der Waals surface area (Å²) in [5.41, 5.74) is 5.24. The number of hydrogen-bond donors (Lipinski definition) is 2. The average Bonchev–Trinajstić information content (AvgIpc) is 2.55. The number of phenols is 1. The Morgan fingerprint density at radius 3 is 2.56 bits per heavy atom. The minimum Gasteiger partial charge on any atom is -0.504 e. The van der Waals surface area contributed by atoms with Gasteiger partial charge in [0.2, 0.25) is 0 Å². The molecule has 0 saturated carbocycles. The largest absolute Gasteiger partial charge is 0.504 e. The second-order valence-corrected chi connectivity index (χ2v) is 5.57. The molecule has 1 amide bonds. The number of benzene rings is 2. The monoisotopic (exact) mass is 342 g/mol. The van der Waals surface area contributed by atoms with Crippen LogP contribution in [-0.4, -0.2) is 30.4 Å². The van der Waals surface area contributed by atoms with Crippen LogP contribution in [0, 0.1) is 13.8 Å². The minimum absolute atomic E-state index is 0.0601. The van der Waals surface area contributed by atoms with E-state index in [1.165, 1.54) is 12.3 Å². The van der Waals surface area contributed by atoms with Gasteiger partial charge >= 0.3 is 0 Å². The van der Waals surface area contributed by atoms with Gasteiger partial charge < -0.3 is 14.6 Å². The lowest BCUT2D eigenvalue weighted by Gasteiger charge is -2.07. The van der Waals surface area contributed by atoms with Gasteiger partial charge in [0.25, 0.3) is 5.91 Å². The predicted octanol–water partition coefficient (Wildman–Crippen LogP) is 2.94. The van der Waals surface area contributed by atoms with E-state index in [9.17, 15) is 9.90 Å². The Morgan fingerprint density at radius 1 is 1.16 bits per heavy atom. The van der Waals surface area contributed by atoms with Crippen LogP contribution in [0.2, 0.25) is 0 Å². The van der Waals surface area contributed by atoms with E-state index in [2.05, 4.69) is 10.5 Å². The van der Waals surface area contributed by atoms with Crippen LogP contribution in [0.3, 0.4) is 0 Å². The number of nitrogens with one attached hydrogen (secondary N) is 1. The number of aryl methyl sites for hydroxylation is 2. The fourth-order valence-electron chi connectivity index (χ4n) is 2.26. The Balaban J connectivity index is 1.87. The number of hydrogen-bond acceptors (Lipinski definition) is 5. The number of aromatic hydroxyl groups is 1. The summed E-state index contributed by atoms with van der Waals surface area (Å²) in [5.74, 6) is 0.719. The highest BCUT2D eigenvalue weighted by atomic mass is 16.5. The highest BCUT2D eigenvalue weighted by Gasteiger charge is 2.04. The Labute approximate surface area is 147 Å². The molecule has 2 aromatic carbocycles. The van der Waals surface area contributed by atoms with Crippen LogP contribution in [0.4, 0.5) is 0 Å². The molecule has 2 rings (SSSR count). The maximum atomic E-state index is 11.8. The molecule has 0 aliphatic heterocycles. The number of amides is 1. The molecule has 6 nitrogen and oxygen atoms in total. The summed E-state index contributed by atoms with van der Waals surface area (Å²) >= 11 is 0. The maximum absolute atomic E-state index is 11.8. The highest BCUT2D eigenvalue weighted by molar-refractivity contribution is 5.83. The molecule has 0 saturated heterocycles. The van der Waals surface area contributed by atoms with Crippen molar-refractivity contribution in [1.82, 2.24) is 5.43 Å². The number of ether oxygens (including phenoxy) is 2. The molecule has 0 aliphatic carbocycles. The fraction of sp³-hybridized carbons (Fsp3) is 0.263. The zero-order valence-electron chi connectivity index (χ0n) is 14.6. The van der Waals surface area contributed by atoms with Crippen LogP contribution in [0.5, 0.6) is 17.2 Å². The van der Waals surface area contributed by atoms with Crippen LogP contribution in [0.1, 0.15) is 23.6 Å². The number of nitrogens with zero attached hydrogens (tertiary/aromatic N) is 1. The van der Waals surface area contributed by atoms with E-state index in [0.717, 1.165) is 11.1 Å². The van der Waals surface area contributed by atoms with E-state index >= 15 is 0 Å². The predicted molar refractivity (Wildman–Crippen MR) is 96.4 cm³/mol. The van der Waals surface area contributed by atoms with Crippen molar-refractivity contribution in [3.05, 3.63) is 53.1 Å². The van der Waals surface area contributed by atoms with Crippen molar-refractivity contribution in [1.29, 1.82) is 0 Å². The standard InChI is InChI=1S/C19H22N2O4/c1-4-24-18-10-15(5-6-17(18)22)11-20-21-19(23)12-25-16-8-13(2)7-14(3)9-16/h5-11,22H,4,12H2,1-3H3,(H,21,23)/b20-11-. The van der Waals surface area contributed by atoms with Crippen LogP contribution < -0.4 is 14.9 Å². The molecule has 0 atom stereocenters. The topological polar surface area (TPSA) is 80.2 Å². The van der Waals surface area contributed by atoms with Gasteiger partial charge in [0.05, 0.1) is 12.8 Å². The maximum Gasteiger partial charge on any atom is 0.277 e. The lowest BCUT2D eigenvalue weighted by molar-refractivity contribution is -0.123. The van der Waals surface area contributed by atoms with Gasteiger partial charge in [0, 0.05) is 0 Å². The second-order valence-electron chi connectivity index (χ2n) is 5.57. The summed E-state index contributed by atoms with van der Waals surface area (Å²) in [5, 5.41) is 13.5. The molecule has 2 N–H and O–H groups in total. The summed E-state index contributed by atoms with van der Waals surface area (Å²) in [4.78, 5) is 11.8. The van der Waals surface area contributed by atoms with Gasteiger partial charge in [-0.05, 0) is 67.8 Å². The third-order valence-corrected chi connectivity index (χ3v) is 3.25. The van der Waals surface area contributed by atoms with Crippen molar-refractivity contribution in [2.75, 3.05) is 13.2 Å². The molecule has 2 aromatic rings. The van der Waals surface area contributed by atoms with Crippen molar-refractivity contribution in [2.24, 2.45) is 5.10 Å². The molecular weight excluding hydrogens is 320 g/mol. The summed E-state index contributed by atoms with van der Waals surface area (Å²) < 4.78 is 10.8. The van der Waals surface area contributed by atoms with Crippen LogP contribution in [0.15, 0.2) is 41.5 Å². The number of carbonyl (C=O) groups excluding carboxylic acids is 1.